The highest BCUT2D eigenvalue weighted by Crippen LogP contribution is 2.30. The molecule has 134 valence electrons. The Bertz CT molecular complexity index is 1040. The van der Waals surface area contributed by atoms with Gasteiger partial charge in [-0.3, -0.25) is 4.57 Å². The number of aryl methyl sites for hydroxylation is 1. The number of benzene rings is 3. The second kappa shape index (κ2) is 7.46. The second-order valence-corrected chi connectivity index (χ2v) is 6.25. The van der Waals surface area contributed by atoms with Gasteiger partial charge in [0.05, 0.1) is 12.3 Å². The average Bonchev–Trinajstić information content (AvgIpc) is 3.11. The number of nitrogens with zero attached hydrogens (tertiary/aromatic N) is 3. The molecule has 0 amide bonds. The molecule has 0 saturated carbocycles. The Balaban J connectivity index is 1.77. The van der Waals surface area contributed by atoms with Crippen LogP contribution in [0.25, 0.3) is 28.2 Å². The lowest BCUT2D eigenvalue weighted by molar-refractivity contribution is 0.339. The monoisotopic (exact) mass is 355 g/mol. The highest BCUT2D eigenvalue weighted by Gasteiger charge is 2.16. The van der Waals surface area contributed by atoms with Crippen molar-refractivity contribution in [2.24, 2.45) is 0 Å². The van der Waals surface area contributed by atoms with Crippen molar-refractivity contribution >= 4 is 0 Å². The van der Waals surface area contributed by atoms with Crippen LogP contribution in [0.4, 0.5) is 0 Å². The van der Waals surface area contributed by atoms with Gasteiger partial charge in [-0.15, -0.1) is 10.2 Å². The molecule has 0 aliphatic rings. The molecule has 1 heterocycles. The number of hydrogen-bond donors (Lipinski definition) is 0. The second-order valence-electron chi connectivity index (χ2n) is 6.25. The summed E-state index contributed by atoms with van der Waals surface area (Å²) in [7, 11) is 0. The lowest BCUT2D eigenvalue weighted by atomic mass is 10.0. The number of hydrogen-bond acceptors (Lipinski definition) is 3. The summed E-state index contributed by atoms with van der Waals surface area (Å²) in [6, 6.07) is 26.7. The van der Waals surface area contributed by atoms with Crippen molar-refractivity contribution in [3.8, 4) is 34.0 Å². The molecule has 0 bridgehead atoms. The third-order valence-electron chi connectivity index (χ3n) is 4.48. The molecule has 0 aliphatic heterocycles. The van der Waals surface area contributed by atoms with Crippen LogP contribution in [0.2, 0.25) is 0 Å². The van der Waals surface area contributed by atoms with Crippen molar-refractivity contribution in [3.05, 3.63) is 84.7 Å². The summed E-state index contributed by atoms with van der Waals surface area (Å²) in [6.45, 7) is 4.55. The molecule has 0 N–H and O–H groups in total. The Hall–Kier alpha value is -3.40. The highest BCUT2D eigenvalue weighted by atomic mass is 16.5. The fourth-order valence-corrected chi connectivity index (χ4v) is 3.20. The Morgan fingerprint density at radius 2 is 1.37 bits per heavy atom. The molecule has 0 fully saturated rings. The van der Waals surface area contributed by atoms with Crippen LogP contribution in [-0.2, 0) is 0 Å². The van der Waals surface area contributed by atoms with E-state index in [0.29, 0.717) is 6.61 Å². The van der Waals surface area contributed by atoms with E-state index in [9.17, 15) is 0 Å². The van der Waals surface area contributed by atoms with E-state index in [-0.39, 0.29) is 0 Å². The van der Waals surface area contributed by atoms with E-state index < -0.39 is 0 Å². The summed E-state index contributed by atoms with van der Waals surface area (Å²) >= 11 is 0. The van der Waals surface area contributed by atoms with E-state index in [1.807, 2.05) is 60.9 Å². The van der Waals surface area contributed by atoms with Gasteiger partial charge in [-0.25, -0.2) is 0 Å². The van der Waals surface area contributed by atoms with E-state index >= 15 is 0 Å². The van der Waals surface area contributed by atoms with Crippen LogP contribution in [0.1, 0.15) is 12.7 Å². The van der Waals surface area contributed by atoms with Gasteiger partial charge in [-0.1, -0.05) is 66.7 Å². The Kier molecular flexibility index (Phi) is 4.71. The maximum Gasteiger partial charge on any atom is 0.168 e. The number of para-hydroxylation sites is 2. The molecule has 0 saturated heterocycles. The molecule has 4 nitrogen and oxygen atoms in total. The van der Waals surface area contributed by atoms with Crippen LogP contribution in [0.15, 0.2) is 78.9 Å². The molecular formula is C23H21N3O. The zero-order valence-electron chi connectivity index (χ0n) is 15.5. The van der Waals surface area contributed by atoms with Gasteiger partial charge in [0.1, 0.15) is 11.6 Å². The largest absolute Gasteiger partial charge is 0.492 e. The lowest BCUT2D eigenvalue weighted by Crippen LogP contribution is -2.04. The summed E-state index contributed by atoms with van der Waals surface area (Å²) < 4.78 is 7.85. The minimum atomic E-state index is 0.610. The molecule has 0 aliphatic carbocycles. The molecule has 3 aromatic carbocycles. The molecule has 0 spiro atoms. The van der Waals surface area contributed by atoms with Crippen molar-refractivity contribution in [3.63, 3.8) is 0 Å². The number of aromatic nitrogens is 3. The first-order valence-corrected chi connectivity index (χ1v) is 9.08. The van der Waals surface area contributed by atoms with E-state index in [1.165, 1.54) is 11.1 Å². The Morgan fingerprint density at radius 3 is 2.11 bits per heavy atom. The zero-order valence-corrected chi connectivity index (χ0v) is 15.5. The summed E-state index contributed by atoms with van der Waals surface area (Å²) in [5.74, 6) is 2.45. The zero-order chi connectivity index (χ0) is 18.6. The van der Waals surface area contributed by atoms with Crippen LogP contribution in [0, 0.1) is 6.92 Å². The molecular weight excluding hydrogens is 334 g/mol. The summed E-state index contributed by atoms with van der Waals surface area (Å²) in [6.07, 6.45) is 0. The van der Waals surface area contributed by atoms with Gasteiger partial charge in [0, 0.05) is 5.56 Å². The maximum atomic E-state index is 5.81. The molecule has 4 heteroatoms. The number of ether oxygens (including phenoxy) is 1. The van der Waals surface area contributed by atoms with E-state index in [2.05, 4.69) is 46.6 Å². The van der Waals surface area contributed by atoms with Crippen molar-refractivity contribution in [2.45, 2.75) is 13.8 Å². The van der Waals surface area contributed by atoms with Crippen molar-refractivity contribution in [2.75, 3.05) is 6.61 Å². The van der Waals surface area contributed by atoms with Crippen LogP contribution < -0.4 is 4.74 Å². The third-order valence-corrected chi connectivity index (χ3v) is 4.48. The van der Waals surface area contributed by atoms with E-state index in [4.69, 9.17) is 4.74 Å². The van der Waals surface area contributed by atoms with Gasteiger partial charge >= 0.3 is 0 Å². The highest BCUT2D eigenvalue weighted by molar-refractivity contribution is 5.69. The fourth-order valence-electron chi connectivity index (χ4n) is 3.20. The minimum absolute atomic E-state index is 0.610. The molecule has 4 aromatic rings. The van der Waals surface area contributed by atoms with Crippen LogP contribution in [-0.4, -0.2) is 21.4 Å². The molecule has 27 heavy (non-hydrogen) atoms. The quantitative estimate of drug-likeness (QED) is 0.487. The first-order valence-electron chi connectivity index (χ1n) is 9.08. The summed E-state index contributed by atoms with van der Waals surface area (Å²) in [5, 5.41) is 8.73. The maximum absolute atomic E-state index is 5.81. The standard InChI is InChI=1S/C23H21N3O/c1-3-27-22-12-8-7-11-21(22)26-17(2)24-25-23(26)20-15-13-19(14-16-20)18-9-5-4-6-10-18/h4-16H,3H2,1-2H3. The SMILES string of the molecule is CCOc1ccccc1-n1c(C)nnc1-c1ccc(-c2ccccc2)cc1. The topological polar surface area (TPSA) is 39.9 Å². The average molecular weight is 355 g/mol. The molecule has 0 atom stereocenters. The molecule has 0 unspecified atom stereocenters. The van der Waals surface area contributed by atoms with Gasteiger partial charge in [0.15, 0.2) is 5.82 Å². The fraction of sp³-hybridized carbons (Fsp3) is 0.130. The first kappa shape index (κ1) is 17.0. The molecule has 4 rings (SSSR count). The van der Waals surface area contributed by atoms with Crippen LogP contribution in [0.3, 0.4) is 0 Å². The van der Waals surface area contributed by atoms with Gasteiger partial charge in [-0.05, 0) is 37.1 Å². The molecule has 0 radical (unpaired) electrons. The smallest absolute Gasteiger partial charge is 0.168 e. The first-order chi connectivity index (χ1) is 13.3. The van der Waals surface area contributed by atoms with Crippen molar-refractivity contribution < 1.29 is 4.74 Å². The number of rotatable bonds is 5. The minimum Gasteiger partial charge on any atom is -0.492 e. The molecule has 1 aromatic heterocycles. The van der Waals surface area contributed by atoms with E-state index in [0.717, 1.165) is 28.6 Å². The van der Waals surface area contributed by atoms with Gasteiger partial charge in [-0.2, -0.15) is 0 Å². The van der Waals surface area contributed by atoms with Gasteiger partial charge in [0.25, 0.3) is 0 Å². The van der Waals surface area contributed by atoms with Crippen LogP contribution in [0.5, 0.6) is 5.75 Å². The predicted octanol–water partition coefficient (Wildman–Crippen LogP) is 5.31. The summed E-state index contributed by atoms with van der Waals surface area (Å²) in [4.78, 5) is 0. The predicted molar refractivity (Wildman–Crippen MR) is 108 cm³/mol. The van der Waals surface area contributed by atoms with Gasteiger partial charge in [0.2, 0.25) is 0 Å². The van der Waals surface area contributed by atoms with Crippen LogP contribution >= 0.6 is 0 Å². The third kappa shape index (κ3) is 3.34. The van der Waals surface area contributed by atoms with E-state index in [1.54, 1.807) is 0 Å². The lowest BCUT2D eigenvalue weighted by Gasteiger charge is -2.14. The Morgan fingerprint density at radius 1 is 0.741 bits per heavy atom. The van der Waals surface area contributed by atoms with Crippen molar-refractivity contribution in [1.82, 2.24) is 14.8 Å². The normalized spacial score (nSPS) is 10.7. The van der Waals surface area contributed by atoms with Crippen molar-refractivity contribution in [1.29, 1.82) is 0 Å². The van der Waals surface area contributed by atoms with Gasteiger partial charge < -0.3 is 4.74 Å². The summed E-state index contributed by atoms with van der Waals surface area (Å²) in [5.41, 5.74) is 4.34. The Labute approximate surface area is 159 Å².